The predicted octanol–water partition coefficient (Wildman–Crippen LogP) is 3.82. The van der Waals surface area contributed by atoms with Crippen LogP contribution in [-0.2, 0) is 0 Å². The maximum absolute atomic E-state index is 12.7. The molecule has 5 nitrogen and oxygen atoms in total. The number of hydrogen-bond acceptors (Lipinski definition) is 3. The summed E-state index contributed by atoms with van der Waals surface area (Å²) < 4.78 is 1.81. The molecule has 1 aliphatic rings. The molecule has 0 radical (unpaired) electrons. The predicted molar refractivity (Wildman–Crippen MR) is 96.2 cm³/mol. The van der Waals surface area contributed by atoms with Crippen LogP contribution in [0.4, 0.5) is 0 Å². The quantitative estimate of drug-likeness (QED) is 0.872. The van der Waals surface area contributed by atoms with Crippen molar-refractivity contribution in [1.82, 2.24) is 14.8 Å². The molecule has 1 N–H and O–H groups in total. The van der Waals surface area contributed by atoms with E-state index in [1.165, 1.54) is 6.42 Å². The van der Waals surface area contributed by atoms with E-state index < -0.39 is 0 Å². The Kier molecular flexibility index (Phi) is 4.69. The molecule has 1 saturated carbocycles. The highest BCUT2D eigenvalue weighted by Gasteiger charge is 2.27. The lowest BCUT2D eigenvalue weighted by atomic mass is 9.76. The number of carbonyl (C=O) groups excluding carboxylic acids is 1. The van der Waals surface area contributed by atoms with Crippen LogP contribution in [0.1, 0.15) is 56.2 Å². The zero-order valence-electron chi connectivity index (χ0n) is 14.9. The van der Waals surface area contributed by atoms with Gasteiger partial charge in [0.1, 0.15) is 11.3 Å². The average molecular weight is 326 g/mol. The van der Waals surface area contributed by atoms with Crippen molar-refractivity contribution in [3.8, 4) is 0 Å². The van der Waals surface area contributed by atoms with Crippen LogP contribution in [0.2, 0.25) is 0 Å². The van der Waals surface area contributed by atoms with E-state index in [9.17, 15) is 4.79 Å². The van der Waals surface area contributed by atoms with Crippen LogP contribution in [0, 0.1) is 24.7 Å². The monoisotopic (exact) mass is 326 g/mol. The highest BCUT2D eigenvalue weighted by atomic mass is 16.2. The van der Waals surface area contributed by atoms with Crippen LogP contribution in [0.15, 0.2) is 29.5 Å². The van der Waals surface area contributed by atoms with E-state index in [0.717, 1.165) is 29.9 Å². The molecule has 1 aliphatic carbocycles. The van der Waals surface area contributed by atoms with Gasteiger partial charge in [0.15, 0.2) is 0 Å². The number of imidazole rings is 1. The number of nitrogens with zero attached hydrogens (tertiary/aromatic N) is 3. The standard InChI is InChI=1S/C19H26N4O/c1-12(2)15-9-8-13(3)11-16(15)21-22-19(24)18-14(4)20-17-7-5-6-10-23(17)18/h5-7,10,12-13,15H,8-9,11H2,1-4H3,(H,22,24)/t13-,15-/m1/s1. The minimum absolute atomic E-state index is 0.195. The van der Waals surface area contributed by atoms with Gasteiger partial charge in [-0.15, -0.1) is 0 Å². The van der Waals surface area contributed by atoms with Crippen molar-refractivity contribution in [2.24, 2.45) is 22.9 Å². The second-order valence-electron chi connectivity index (χ2n) is 7.26. The molecule has 0 unspecified atom stereocenters. The Morgan fingerprint density at radius 2 is 2.17 bits per heavy atom. The van der Waals surface area contributed by atoms with E-state index in [1.54, 1.807) is 0 Å². The topological polar surface area (TPSA) is 58.8 Å². The molecule has 0 aromatic carbocycles. The van der Waals surface area contributed by atoms with Crippen molar-refractivity contribution in [1.29, 1.82) is 0 Å². The third-order valence-electron chi connectivity index (χ3n) is 4.98. The van der Waals surface area contributed by atoms with Gasteiger partial charge in [-0.25, -0.2) is 10.4 Å². The first-order valence-electron chi connectivity index (χ1n) is 8.77. The van der Waals surface area contributed by atoms with Crippen molar-refractivity contribution in [2.45, 2.75) is 47.0 Å². The minimum atomic E-state index is -0.195. The number of carbonyl (C=O) groups is 1. The number of fused-ring (bicyclic) bond motifs is 1. The molecule has 0 bridgehead atoms. The molecule has 1 fully saturated rings. The zero-order valence-corrected chi connectivity index (χ0v) is 14.9. The molecular formula is C19H26N4O. The Morgan fingerprint density at radius 1 is 1.38 bits per heavy atom. The number of nitrogens with one attached hydrogen (secondary N) is 1. The van der Waals surface area contributed by atoms with E-state index in [-0.39, 0.29) is 5.91 Å². The van der Waals surface area contributed by atoms with Gasteiger partial charge < -0.3 is 0 Å². The van der Waals surface area contributed by atoms with Gasteiger partial charge in [-0.05, 0) is 50.2 Å². The first-order valence-corrected chi connectivity index (χ1v) is 8.77. The molecule has 24 heavy (non-hydrogen) atoms. The Balaban J connectivity index is 1.84. The Morgan fingerprint density at radius 3 is 2.92 bits per heavy atom. The lowest BCUT2D eigenvalue weighted by Crippen LogP contribution is -2.31. The van der Waals surface area contributed by atoms with Crippen molar-refractivity contribution < 1.29 is 4.79 Å². The lowest BCUT2D eigenvalue weighted by molar-refractivity contribution is 0.0947. The van der Waals surface area contributed by atoms with Crippen molar-refractivity contribution in [3.05, 3.63) is 35.8 Å². The molecule has 2 heterocycles. The first-order chi connectivity index (χ1) is 11.5. The van der Waals surface area contributed by atoms with E-state index in [0.29, 0.717) is 23.4 Å². The van der Waals surface area contributed by atoms with Crippen LogP contribution in [0.5, 0.6) is 0 Å². The van der Waals surface area contributed by atoms with Crippen LogP contribution >= 0.6 is 0 Å². The second-order valence-corrected chi connectivity index (χ2v) is 7.26. The third-order valence-corrected chi connectivity index (χ3v) is 4.98. The van der Waals surface area contributed by atoms with Crippen LogP contribution < -0.4 is 5.43 Å². The minimum Gasteiger partial charge on any atom is -0.295 e. The molecule has 128 valence electrons. The number of pyridine rings is 1. The van der Waals surface area contributed by atoms with E-state index in [1.807, 2.05) is 35.7 Å². The van der Waals surface area contributed by atoms with Gasteiger partial charge in [-0.2, -0.15) is 5.10 Å². The summed E-state index contributed by atoms with van der Waals surface area (Å²) in [6.45, 7) is 8.57. The van der Waals surface area contributed by atoms with E-state index in [2.05, 4.69) is 36.3 Å². The Hall–Kier alpha value is -2.17. The van der Waals surface area contributed by atoms with Gasteiger partial charge in [-0.3, -0.25) is 9.20 Å². The number of hydrogen-bond donors (Lipinski definition) is 1. The smallest absolute Gasteiger partial charge is 0.290 e. The zero-order chi connectivity index (χ0) is 17.3. The summed E-state index contributed by atoms with van der Waals surface area (Å²) in [4.78, 5) is 17.1. The number of rotatable bonds is 3. The van der Waals surface area contributed by atoms with Crippen LogP contribution in [-0.4, -0.2) is 21.0 Å². The summed E-state index contributed by atoms with van der Waals surface area (Å²) in [6.07, 6.45) is 5.22. The molecular weight excluding hydrogens is 300 g/mol. The fourth-order valence-corrected chi connectivity index (χ4v) is 3.65. The summed E-state index contributed by atoms with van der Waals surface area (Å²) in [7, 11) is 0. The summed E-state index contributed by atoms with van der Waals surface area (Å²) in [6, 6.07) is 5.71. The number of aryl methyl sites for hydroxylation is 1. The largest absolute Gasteiger partial charge is 0.295 e. The highest BCUT2D eigenvalue weighted by molar-refractivity contribution is 5.96. The Labute approximate surface area is 143 Å². The summed E-state index contributed by atoms with van der Waals surface area (Å²) in [5.41, 5.74) is 5.96. The molecule has 2 atom stereocenters. The van der Waals surface area contributed by atoms with Crippen molar-refractivity contribution in [2.75, 3.05) is 0 Å². The fraction of sp³-hybridized carbons (Fsp3) is 0.526. The molecule has 0 saturated heterocycles. The summed E-state index contributed by atoms with van der Waals surface area (Å²) in [5, 5.41) is 4.52. The number of hydrazone groups is 1. The average Bonchev–Trinajstić information content (AvgIpc) is 2.88. The van der Waals surface area contributed by atoms with Crippen LogP contribution in [0.3, 0.4) is 0 Å². The summed E-state index contributed by atoms with van der Waals surface area (Å²) in [5.74, 6) is 1.45. The molecule has 5 heteroatoms. The molecule has 0 aliphatic heterocycles. The van der Waals surface area contributed by atoms with Gasteiger partial charge >= 0.3 is 0 Å². The highest BCUT2D eigenvalue weighted by Crippen LogP contribution is 2.31. The van der Waals surface area contributed by atoms with Crippen LogP contribution in [0.25, 0.3) is 5.65 Å². The molecule has 3 rings (SSSR count). The summed E-state index contributed by atoms with van der Waals surface area (Å²) >= 11 is 0. The van der Waals surface area contributed by atoms with Gasteiger partial charge in [0, 0.05) is 17.8 Å². The van der Waals surface area contributed by atoms with Gasteiger partial charge in [0.2, 0.25) is 0 Å². The first kappa shape index (κ1) is 16.7. The van der Waals surface area contributed by atoms with E-state index in [4.69, 9.17) is 0 Å². The van der Waals surface area contributed by atoms with Gasteiger partial charge in [0.05, 0.1) is 5.69 Å². The normalized spacial score (nSPS) is 23.1. The fourth-order valence-electron chi connectivity index (χ4n) is 3.65. The van der Waals surface area contributed by atoms with Gasteiger partial charge in [0.25, 0.3) is 5.91 Å². The van der Waals surface area contributed by atoms with Gasteiger partial charge in [-0.1, -0.05) is 26.8 Å². The lowest BCUT2D eigenvalue weighted by Gasteiger charge is -2.30. The molecule has 2 aromatic heterocycles. The van der Waals surface area contributed by atoms with E-state index >= 15 is 0 Å². The van der Waals surface area contributed by atoms with Crippen molar-refractivity contribution >= 4 is 17.3 Å². The number of amides is 1. The maximum atomic E-state index is 12.7. The maximum Gasteiger partial charge on any atom is 0.290 e. The van der Waals surface area contributed by atoms with Crippen molar-refractivity contribution in [3.63, 3.8) is 0 Å². The third kappa shape index (κ3) is 3.21. The number of aromatic nitrogens is 2. The SMILES string of the molecule is Cc1nc2ccccn2c1C(=O)NN=C1C[C@H](C)CC[C@@H]1C(C)C. The molecule has 1 amide bonds. The Bertz CT molecular complexity index is 775. The second kappa shape index (κ2) is 6.75. The molecule has 0 spiro atoms. The molecule has 2 aromatic rings.